The number of nitrogens with one attached hydrogen (secondary N) is 2. The average Bonchev–Trinajstić information content (AvgIpc) is 3.27. The average molecular weight is 515 g/mol. The van der Waals surface area contributed by atoms with E-state index in [4.69, 9.17) is 29.0 Å². The number of guanidine groups is 1. The lowest BCUT2D eigenvalue weighted by molar-refractivity contribution is 0.591. The third-order valence-electron chi connectivity index (χ3n) is 4.79. The third-order valence-corrected chi connectivity index (χ3v) is 6.65. The van der Waals surface area contributed by atoms with Crippen molar-refractivity contribution in [2.75, 3.05) is 0 Å². The van der Waals surface area contributed by atoms with Gasteiger partial charge < -0.3 is 0 Å². The Morgan fingerprint density at radius 3 is 2.18 bits per heavy atom. The Balaban J connectivity index is 1.64. The summed E-state index contributed by atoms with van der Waals surface area (Å²) in [6, 6.07) is 24.4. The van der Waals surface area contributed by atoms with Crippen LogP contribution in [0.3, 0.4) is 0 Å². The quantitative estimate of drug-likeness (QED) is 0.155. The standard InChI is InChI=1S/C23H20Cl2N6O2S/c24-17-8-6-16(7-9-17)22-14-19(29-31(22)20-12-10-18(25)11-13-20)15-27-23(28-26)30-34(32,33)21-4-2-1-3-5-21/h1-14H,15,26H2,(H2,27,28,30). The second-order valence-electron chi connectivity index (χ2n) is 7.14. The number of hydrogen-bond acceptors (Lipinski definition) is 5. The van der Waals surface area contributed by atoms with Crippen LogP contribution < -0.4 is 16.0 Å². The van der Waals surface area contributed by atoms with E-state index in [0.717, 1.165) is 16.9 Å². The van der Waals surface area contributed by atoms with Gasteiger partial charge in [-0.3, -0.25) is 5.43 Å². The summed E-state index contributed by atoms with van der Waals surface area (Å²) in [6.07, 6.45) is 0. The van der Waals surface area contributed by atoms with Crippen molar-refractivity contribution < 1.29 is 8.42 Å². The molecule has 3 aromatic carbocycles. The van der Waals surface area contributed by atoms with E-state index in [-0.39, 0.29) is 17.4 Å². The van der Waals surface area contributed by atoms with Crippen molar-refractivity contribution in [3.8, 4) is 16.9 Å². The van der Waals surface area contributed by atoms with Crippen LogP contribution in [0.25, 0.3) is 16.9 Å². The monoisotopic (exact) mass is 514 g/mol. The Bertz CT molecular complexity index is 1340. The van der Waals surface area contributed by atoms with Gasteiger partial charge in [0, 0.05) is 15.6 Å². The Labute approximate surface area is 207 Å². The van der Waals surface area contributed by atoms with Gasteiger partial charge in [0.2, 0.25) is 5.96 Å². The molecule has 0 bridgehead atoms. The van der Waals surface area contributed by atoms with Gasteiger partial charge in [-0.25, -0.2) is 28.7 Å². The van der Waals surface area contributed by atoms with E-state index < -0.39 is 10.0 Å². The zero-order valence-corrected chi connectivity index (χ0v) is 20.0. The molecule has 0 fully saturated rings. The zero-order valence-electron chi connectivity index (χ0n) is 17.7. The molecule has 0 aliphatic heterocycles. The highest BCUT2D eigenvalue weighted by Crippen LogP contribution is 2.26. The molecule has 0 aliphatic carbocycles. The molecular weight excluding hydrogens is 495 g/mol. The summed E-state index contributed by atoms with van der Waals surface area (Å²) in [7, 11) is -3.85. The highest BCUT2D eigenvalue weighted by Gasteiger charge is 2.16. The van der Waals surface area contributed by atoms with Gasteiger partial charge >= 0.3 is 0 Å². The molecule has 4 rings (SSSR count). The minimum Gasteiger partial charge on any atom is -0.294 e. The largest absolute Gasteiger partial charge is 0.294 e. The lowest BCUT2D eigenvalue weighted by atomic mass is 10.1. The van der Waals surface area contributed by atoms with Crippen molar-refractivity contribution in [2.45, 2.75) is 11.4 Å². The van der Waals surface area contributed by atoms with E-state index >= 15 is 0 Å². The second kappa shape index (κ2) is 10.3. The topological polar surface area (TPSA) is 114 Å². The lowest BCUT2D eigenvalue weighted by Crippen LogP contribution is -2.44. The molecule has 0 unspecified atom stereocenters. The van der Waals surface area contributed by atoms with Crippen molar-refractivity contribution in [3.63, 3.8) is 0 Å². The number of hydrogen-bond donors (Lipinski definition) is 3. The summed E-state index contributed by atoms with van der Waals surface area (Å²) in [5, 5.41) is 5.89. The molecule has 1 heterocycles. The number of sulfonamides is 1. The number of halogens is 2. The van der Waals surface area contributed by atoms with Crippen molar-refractivity contribution in [1.82, 2.24) is 19.9 Å². The minimum absolute atomic E-state index is 0.0675. The summed E-state index contributed by atoms with van der Waals surface area (Å²) in [5.41, 5.74) is 5.37. The molecular formula is C23H20Cl2N6O2S. The highest BCUT2D eigenvalue weighted by molar-refractivity contribution is 7.90. The van der Waals surface area contributed by atoms with Gasteiger partial charge in [-0.15, -0.1) is 0 Å². The number of aliphatic imine (C=N–C) groups is 1. The number of aromatic nitrogens is 2. The predicted molar refractivity (Wildman–Crippen MR) is 134 cm³/mol. The first-order valence-electron chi connectivity index (χ1n) is 10.1. The van der Waals surface area contributed by atoms with E-state index in [1.807, 2.05) is 30.3 Å². The van der Waals surface area contributed by atoms with Gasteiger partial charge in [0.1, 0.15) is 0 Å². The fourth-order valence-electron chi connectivity index (χ4n) is 3.17. The van der Waals surface area contributed by atoms with Crippen LogP contribution in [0.4, 0.5) is 0 Å². The van der Waals surface area contributed by atoms with Crippen LogP contribution in [0.5, 0.6) is 0 Å². The fourth-order valence-corrected chi connectivity index (χ4v) is 4.43. The number of hydrazine groups is 1. The van der Waals surface area contributed by atoms with Crippen molar-refractivity contribution in [3.05, 3.63) is 101 Å². The van der Waals surface area contributed by atoms with Crippen LogP contribution in [-0.2, 0) is 16.6 Å². The molecule has 0 atom stereocenters. The van der Waals surface area contributed by atoms with Crippen molar-refractivity contribution in [2.24, 2.45) is 10.8 Å². The van der Waals surface area contributed by atoms with Crippen LogP contribution >= 0.6 is 23.2 Å². The van der Waals surface area contributed by atoms with E-state index in [0.29, 0.717) is 15.7 Å². The summed E-state index contributed by atoms with van der Waals surface area (Å²) < 4.78 is 29.2. The molecule has 0 radical (unpaired) electrons. The maximum Gasteiger partial charge on any atom is 0.264 e. The molecule has 0 spiro atoms. The normalized spacial score (nSPS) is 11.9. The molecule has 4 aromatic rings. The summed E-state index contributed by atoms with van der Waals surface area (Å²) >= 11 is 12.1. The van der Waals surface area contributed by atoms with E-state index in [2.05, 4.69) is 20.2 Å². The number of benzene rings is 3. The summed E-state index contributed by atoms with van der Waals surface area (Å²) in [6.45, 7) is 0.0675. The molecule has 8 nitrogen and oxygen atoms in total. The molecule has 0 amide bonds. The highest BCUT2D eigenvalue weighted by atomic mass is 35.5. The zero-order chi connectivity index (χ0) is 24.1. The SMILES string of the molecule is NNC(=NCc1cc(-c2ccc(Cl)cc2)n(-c2ccc(Cl)cc2)n1)NS(=O)(=O)c1ccccc1. The van der Waals surface area contributed by atoms with E-state index in [9.17, 15) is 8.42 Å². The summed E-state index contributed by atoms with van der Waals surface area (Å²) in [5.74, 6) is 5.40. The lowest BCUT2D eigenvalue weighted by Gasteiger charge is -2.09. The Hall–Kier alpha value is -3.37. The Morgan fingerprint density at radius 2 is 1.56 bits per heavy atom. The Kier molecular flexibility index (Phi) is 7.18. The molecule has 0 aliphatic rings. The first-order chi connectivity index (χ1) is 16.4. The van der Waals surface area contributed by atoms with E-state index in [1.165, 1.54) is 12.1 Å². The number of nitrogens with zero attached hydrogens (tertiary/aromatic N) is 3. The maximum absolute atomic E-state index is 12.6. The first kappa shape index (κ1) is 23.8. The third kappa shape index (κ3) is 5.57. The van der Waals surface area contributed by atoms with Gasteiger partial charge in [0.25, 0.3) is 10.0 Å². The number of rotatable bonds is 6. The van der Waals surface area contributed by atoms with Crippen molar-refractivity contribution in [1.29, 1.82) is 0 Å². The van der Waals surface area contributed by atoms with Crippen LogP contribution in [0.1, 0.15) is 5.69 Å². The molecule has 0 saturated carbocycles. The molecule has 0 saturated heterocycles. The molecule has 4 N–H and O–H groups in total. The van der Waals surface area contributed by atoms with Crippen LogP contribution in [0, 0.1) is 0 Å². The smallest absolute Gasteiger partial charge is 0.264 e. The van der Waals surface area contributed by atoms with E-state index in [1.54, 1.807) is 47.1 Å². The fraction of sp³-hybridized carbons (Fsp3) is 0.0435. The molecule has 1 aromatic heterocycles. The number of nitrogens with two attached hydrogens (primary N) is 1. The van der Waals surface area contributed by atoms with Crippen LogP contribution in [0.15, 0.2) is 94.8 Å². The molecule has 11 heteroatoms. The van der Waals surface area contributed by atoms with Gasteiger partial charge in [-0.2, -0.15) is 5.10 Å². The van der Waals surface area contributed by atoms with Gasteiger partial charge in [-0.1, -0.05) is 53.5 Å². The molecule has 34 heavy (non-hydrogen) atoms. The van der Waals surface area contributed by atoms with Crippen molar-refractivity contribution >= 4 is 39.2 Å². The first-order valence-corrected chi connectivity index (χ1v) is 12.3. The van der Waals surface area contributed by atoms with Gasteiger partial charge in [0.15, 0.2) is 0 Å². The van der Waals surface area contributed by atoms with Crippen LogP contribution in [0.2, 0.25) is 10.0 Å². The minimum atomic E-state index is -3.85. The maximum atomic E-state index is 12.6. The van der Waals surface area contributed by atoms with Gasteiger partial charge in [-0.05, 0) is 54.6 Å². The van der Waals surface area contributed by atoms with Crippen LogP contribution in [-0.4, -0.2) is 24.2 Å². The summed E-state index contributed by atoms with van der Waals surface area (Å²) in [4.78, 5) is 4.36. The predicted octanol–water partition coefficient (Wildman–Crippen LogP) is 4.14. The Morgan fingerprint density at radius 1 is 0.941 bits per heavy atom. The van der Waals surface area contributed by atoms with Gasteiger partial charge in [0.05, 0.1) is 28.5 Å². The second-order valence-corrected chi connectivity index (χ2v) is 9.70. The molecule has 174 valence electrons.